The Balaban J connectivity index is 1.45. The van der Waals surface area contributed by atoms with Crippen LogP contribution in [0.4, 0.5) is 4.79 Å². The Morgan fingerprint density at radius 2 is 1.77 bits per heavy atom. The number of ketones is 1. The molecule has 30 heavy (non-hydrogen) atoms. The van der Waals surface area contributed by atoms with E-state index in [0.717, 1.165) is 51.4 Å². The van der Waals surface area contributed by atoms with Crippen molar-refractivity contribution in [2.75, 3.05) is 24.8 Å². The predicted octanol–water partition coefficient (Wildman–Crippen LogP) is 5.80. The number of hydrogen-bond donors (Lipinski definition) is 0. The second-order valence-corrected chi connectivity index (χ2v) is 11.0. The zero-order valence-electron chi connectivity index (χ0n) is 18.3. The van der Waals surface area contributed by atoms with Crippen LogP contribution in [0.3, 0.4) is 0 Å². The highest BCUT2D eigenvalue weighted by Crippen LogP contribution is 2.64. The summed E-state index contributed by atoms with van der Waals surface area (Å²) in [7, 11) is 0. The molecule has 168 valence electrons. The Morgan fingerprint density at radius 3 is 2.47 bits per heavy atom. The number of carbonyl (C=O) groups is 2. The monoisotopic (exact) mass is 455 g/mol. The molecule has 0 radical (unpaired) electrons. The van der Waals surface area contributed by atoms with E-state index in [2.05, 4.69) is 19.9 Å². The molecule has 0 bridgehead atoms. The van der Waals surface area contributed by atoms with Crippen LogP contribution in [0.1, 0.15) is 65.2 Å². The molecule has 0 aromatic heterocycles. The van der Waals surface area contributed by atoms with Gasteiger partial charge < -0.3 is 9.64 Å². The highest BCUT2D eigenvalue weighted by Gasteiger charge is 2.58. The van der Waals surface area contributed by atoms with Gasteiger partial charge in [-0.1, -0.05) is 25.5 Å². The third kappa shape index (κ3) is 3.70. The van der Waals surface area contributed by atoms with Crippen LogP contribution in [0.15, 0.2) is 11.6 Å². The van der Waals surface area contributed by atoms with Crippen LogP contribution < -0.4 is 0 Å². The molecule has 0 spiro atoms. The first-order valence-corrected chi connectivity index (χ1v) is 12.7. The quantitative estimate of drug-likeness (QED) is 0.388. The molecule has 0 aliphatic heterocycles. The van der Waals surface area contributed by atoms with Crippen LogP contribution in [-0.2, 0) is 9.53 Å². The topological polar surface area (TPSA) is 46.6 Å². The summed E-state index contributed by atoms with van der Waals surface area (Å²) in [6, 6.07) is 0. The van der Waals surface area contributed by atoms with Gasteiger partial charge >= 0.3 is 6.09 Å². The molecule has 4 rings (SSSR count). The fraction of sp³-hybridized carbons (Fsp3) is 0.833. The molecule has 6 heteroatoms. The molecule has 0 aromatic rings. The van der Waals surface area contributed by atoms with Crippen LogP contribution in [0.25, 0.3) is 0 Å². The standard InChI is InChI=1S/C24H35Cl2NO3/c1-23-9-7-17(30-22(29)27(13-11-25)14-12-26)15-16(23)3-4-18-19-5-6-21(28)24(19,2)10-8-20(18)23/h3,17-20H,4-15H2,1-2H3/t17-,18-,19-,20-,23-,24-/m0/s1. The highest BCUT2D eigenvalue weighted by atomic mass is 35.5. The van der Waals surface area contributed by atoms with Crippen LogP contribution >= 0.6 is 23.2 Å². The molecule has 0 N–H and O–H groups in total. The molecule has 3 fully saturated rings. The van der Waals surface area contributed by atoms with Gasteiger partial charge in [-0.2, -0.15) is 0 Å². The number of carbonyl (C=O) groups excluding carboxylic acids is 2. The Labute approximate surface area is 190 Å². The van der Waals surface area contributed by atoms with Crippen molar-refractivity contribution < 1.29 is 14.3 Å². The van der Waals surface area contributed by atoms with Crippen LogP contribution in [-0.4, -0.2) is 47.7 Å². The number of alkyl halides is 2. The number of nitrogens with zero attached hydrogens (tertiary/aromatic N) is 1. The maximum Gasteiger partial charge on any atom is 0.410 e. The molecular weight excluding hydrogens is 421 g/mol. The molecule has 4 nitrogen and oxygen atoms in total. The molecule has 0 aromatic carbocycles. The van der Waals surface area contributed by atoms with Crippen molar-refractivity contribution in [2.45, 2.75) is 71.3 Å². The average molecular weight is 456 g/mol. The van der Waals surface area contributed by atoms with Gasteiger partial charge in [0.2, 0.25) is 0 Å². The fourth-order valence-corrected chi connectivity index (χ4v) is 7.62. The van der Waals surface area contributed by atoms with Gasteiger partial charge in [0.1, 0.15) is 11.9 Å². The van der Waals surface area contributed by atoms with Crippen LogP contribution in [0.5, 0.6) is 0 Å². The number of fused-ring (bicyclic) bond motifs is 5. The number of ether oxygens (including phenoxy) is 1. The van der Waals surface area contributed by atoms with E-state index in [-0.39, 0.29) is 23.0 Å². The normalized spacial score (nSPS) is 40.1. The van der Waals surface area contributed by atoms with Crippen LogP contribution in [0, 0.1) is 28.6 Å². The van der Waals surface area contributed by atoms with E-state index < -0.39 is 0 Å². The highest BCUT2D eigenvalue weighted by molar-refractivity contribution is 6.18. The fourth-order valence-electron chi connectivity index (χ4n) is 7.21. The molecule has 0 saturated heterocycles. The van der Waals surface area contributed by atoms with E-state index in [9.17, 15) is 9.59 Å². The molecule has 3 saturated carbocycles. The van der Waals surface area contributed by atoms with Gasteiger partial charge in [-0.25, -0.2) is 4.79 Å². The van der Waals surface area contributed by atoms with E-state index in [1.165, 1.54) is 5.57 Å². The summed E-state index contributed by atoms with van der Waals surface area (Å²) < 4.78 is 5.87. The number of amides is 1. The van der Waals surface area contributed by atoms with Crippen LogP contribution in [0.2, 0.25) is 0 Å². The largest absolute Gasteiger partial charge is 0.446 e. The van der Waals surface area contributed by atoms with Crippen molar-refractivity contribution in [3.63, 3.8) is 0 Å². The Bertz CT molecular complexity index is 719. The summed E-state index contributed by atoms with van der Waals surface area (Å²) in [5.41, 5.74) is 1.58. The number of Topliss-reactive ketones (excluding diaryl/α,β-unsaturated/α-hetero) is 1. The van der Waals surface area contributed by atoms with E-state index in [1.807, 2.05) is 0 Å². The summed E-state index contributed by atoms with van der Waals surface area (Å²) in [5, 5.41) is 0. The summed E-state index contributed by atoms with van der Waals surface area (Å²) in [6.45, 7) is 5.58. The van der Waals surface area contributed by atoms with Crippen molar-refractivity contribution in [2.24, 2.45) is 28.6 Å². The average Bonchev–Trinajstić information content (AvgIpc) is 3.03. The van der Waals surface area contributed by atoms with Gasteiger partial charge in [-0.3, -0.25) is 4.79 Å². The van der Waals surface area contributed by atoms with Gasteiger partial charge in [-0.05, 0) is 61.7 Å². The zero-order valence-corrected chi connectivity index (χ0v) is 19.8. The first-order chi connectivity index (χ1) is 14.3. The maximum absolute atomic E-state index is 12.6. The second-order valence-electron chi connectivity index (χ2n) is 10.3. The smallest absolute Gasteiger partial charge is 0.410 e. The van der Waals surface area contributed by atoms with Crippen molar-refractivity contribution >= 4 is 35.1 Å². The third-order valence-corrected chi connectivity index (χ3v) is 9.34. The maximum atomic E-state index is 12.6. The van der Waals surface area contributed by atoms with E-state index in [0.29, 0.717) is 48.4 Å². The third-order valence-electron chi connectivity index (χ3n) is 9.00. The molecule has 4 aliphatic rings. The lowest BCUT2D eigenvalue weighted by Gasteiger charge is -2.56. The number of hydrogen-bond acceptors (Lipinski definition) is 3. The van der Waals surface area contributed by atoms with Crippen molar-refractivity contribution in [3.8, 4) is 0 Å². The first-order valence-electron chi connectivity index (χ1n) is 11.6. The molecule has 4 aliphatic carbocycles. The lowest BCUT2D eigenvalue weighted by molar-refractivity contribution is -0.132. The molecule has 6 atom stereocenters. The minimum Gasteiger partial charge on any atom is -0.446 e. The number of rotatable bonds is 5. The minimum atomic E-state index is -0.294. The Kier molecular flexibility index (Phi) is 6.48. The van der Waals surface area contributed by atoms with Gasteiger partial charge in [-0.15, -0.1) is 23.2 Å². The van der Waals surface area contributed by atoms with E-state index in [1.54, 1.807) is 4.90 Å². The van der Waals surface area contributed by atoms with Crippen molar-refractivity contribution in [1.82, 2.24) is 4.90 Å². The Hall–Kier alpha value is -0.740. The molecule has 0 unspecified atom stereocenters. The number of allylic oxidation sites excluding steroid dienone is 1. The van der Waals surface area contributed by atoms with Crippen molar-refractivity contribution in [3.05, 3.63) is 11.6 Å². The number of halogens is 2. The van der Waals surface area contributed by atoms with Gasteiger partial charge in [0.25, 0.3) is 0 Å². The minimum absolute atomic E-state index is 0.0663. The van der Waals surface area contributed by atoms with Gasteiger partial charge in [0.15, 0.2) is 0 Å². The zero-order chi connectivity index (χ0) is 21.5. The van der Waals surface area contributed by atoms with E-state index in [4.69, 9.17) is 27.9 Å². The lowest BCUT2D eigenvalue weighted by atomic mass is 9.48. The lowest BCUT2D eigenvalue weighted by Crippen LogP contribution is -2.51. The van der Waals surface area contributed by atoms with Gasteiger partial charge in [0.05, 0.1) is 0 Å². The summed E-state index contributed by atoms with van der Waals surface area (Å²) in [6.07, 6.45) is 10.00. The van der Waals surface area contributed by atoms with E-state index >= 15 is 0 Å². The van der Waals surface area contributed by atoms with Gasteiger partial charge in [0, 0.05) is 43.1 Å². The molecule has 1 amide bonds. The molecule has 0 heterocycles. The Morgan fingerprint density at radius 1 is 1.10 bits per heavy atom. The van der Waals surface area contributed by atoms with Crippen molar-refractivity contribution in [1.29, 1.82) is 0 Å². The predicted molar refractivity (Wildman–Crippen MR) is 120 cm³/mol. The summed E-state index contributed by atoms with van der Waals surface area (Å²) in [4.78, 5) is 26.8. The first kappa shape index (κ1) is 22.5. The SMILES string of the molecule is C[C@]12CC[C@H](OC(=O)N(CCCl)CCCl)CC1=CC[C@@H]1[C@@H]2CC[C@]2(C)C(=O)CC[C@@H]12. The summed E-state index contributed by atoms with van der Waals surface area (Å²) >= 11 is 11.7. The molecular formula is C24H35Cl2NO3. The summed E-state index contributed by atoms with van der Waals surface area (Å²) in [5.74, 6) is 3.10. The second kappa shape index (κ2) is 8.65.